The van der Waals surface area contributed by atoms with Crippen molar-refractivity contribution in [3.05, 3.63) is 29.1 Å². The SMILES string of the molecule is Cl.O=C(N[C@H]1CCCNC1)c1cc(F)c(F)c(O)c1F. The lowest BCUT2D eigenvalue weighted by molar-refractivity contribution is 0.0924. The van der Waals surface area contributed by atoms with E-state index in [9.17, 15) is 18.0 Å². The molecule has 1 aliphatic heterocycles. The summed E-state index contributed by atoms with van der Waals surface area (Å²) in [7, 11) is 0. The van der Waals surface area contributed by atoms with Gasteiger partial charge in [-0.2, -0.15) is 4.39 Å². The fourth-order valence-corrected chi connectivity index (χ4v) is 1.99. The van der Waals surface area contributed by atoms with Gasteiger partial charge in [0.15, 0.2) is 17.4 Å². The van der Waals surface area contributed by atoms with E-state index in [0.717, 1.165) is 19.4 Å². The van der Waals surface area contributed by atoms with Gasteiger partial charge in [0.1, 0.15) is 0 Å². The molecule has 1 heterocycles. The molecule has 4 nitrogen and oxygen atoms in total. The molecule has 1 atom stereocenters. The van der Waals surface area contributed by atoms with E-state index in [0.29, 0.717) is 12.6 Å². The van der Waals surface area contributed by atoms with Crippen LogP contribution in [0.25, 0.3) is 0 Å². The van der Waals surface area contributed by atoms with Crippen LogP contribution in [0.2, 0.25) is 0 Å². The van der Waals surface area contributed by atoms with Crippen LogP contribution in [-0.2, 0) is 0 Å². The highest BCUT2D eigenvalue weighted by Gasteiger charge is 2.24. The summed E-state index contributed by atoms with van der Waals surface area (Å²) < 4.78 is 39.5. The number of piperidine rings is 1. The molecule has 112 valence electrons. The van der Waals surface area contributed by atoms with Crippen LogP contribution in [-0.4, -0.2) is 30.1 Å². The topological polar surface area (TPSA) is 61.4 Å². The molecule has 0 spiro atoms. The van der Waals surface area contributed by atoms with Gasteiger partial charge in [0.2, 0.25) is 5.82 Å². The van der Waals surface area contributed by atoms with Gasteiger partial charge in [-0.3, -0.25) is 4.79 Å². The van der Waals surface area contributed by atoms with Gasteiger partial charge in [-0.1, -0.05) is 0 Å². The number of amides is 1. The first-order valence-corrected chi connectivity index (χ1v) is 5.88. The van der Waals surface area contributed by atoms with Crippen LogP contribution in [0.4, 0.5) is 13.2 Å². The minimum absolute atomic E-state index is 0. The molecule has 3 N–H and O–H groups in total. The third-order valence-electron chi connectivity index (χ3n) is 3.01. The number of nitrogens with one attached hydrogen (secondary N) is 2. The molecule has 8 heteroatoms. The third-order valence-corrected chi connectivity index (χ3v) is 3.01. The highest BCUT2D eigenvalue weighted by molar-refractivity contribution is 5.95. The van der Waals surface area contributed by atoms with Crippen molar-refractivity contribution in [3.8, 4) is 5.75 Å². The minimum atomic E-state index is -1.70. The smallest absolute Gasteiger partial charge is 0.254 e. The molecule has 0 aromatic heterocycles. The minimum Gasteiger partial charge on any atom is -0.503 e. The summed E-state index contributed by atoms with van der Waals surface area (Å²) in [4.78, 5) is 11.8. The lowest BCUT2D eigenvalue weighted by atomic mass is 10.1. The predicted molar refractivity (Wildman–Crippen MR) is 68.6 cm³/mol. The molecule has 0 bridgehead atoms. The number of aromatic hydroxyl groups is 1. The first-order valence-electron chi connectivity index (χ1n) is 5.88. The summed E-state index contributed by atoms with van der Waals surface area (Å²) in [6, 6.07) is 0.242. The molecule has 1 aliphatic rings. The molecule has 0 radical (unpaired) electrons. The van der Waals surface area contributed by atoms with Gasteiger partial charge in [-0.05, 0) is 25.5 Å². The summed E-state index contributed by atoms with van der Waals surface area (Å²) in [5, 5.41) is 14.6. The van der Waals surface area contributed by atoms with E-state index < -0.39 is 34.7 Å². The zero-order chi connectivity index (χ0) is 14.0. The maximum atomic E-state index is 13.5. The van der Waals surface area contributed by atoms with Crippen LogP contribution in [0.15, 0.2) is 6.07 Å². The van der Waals surface area contributed by atoms with Gasteiger partial charge >= 0.3 is 0 Å². The van der Waals surface area contributed by atoms with E-state index in [2.05, 4.69) is 10.6 Å². The number of benzene rings is 1. The van der Waals surface area contributed by atoms with Crippen LogP contribution >= 0.6 is 12.4 Å². The predicted octanol–water partition coefficient (Wildman–Crippen LogP) is 1.71. The summed E-state index contributed by atoms with van der Waals surface area (Å²) in [5.74, 6) is -6.98. The highest BCUT2D eigenvalue weighted by atomic mass is 35.5. The second kappa shape index (κ2) is 6.81. The molecule has 0 unspecified atom stereocenters. The van der Waals surface area contributed by atoms with E-state index in [1.165, 1.54) is 0 Å². The van der Waals surface area contributed by atoms with Crippen LogP contribution in [0.3, 0.4) is 0 Å². The van der Waals surface area contributed by atoms with E-state index in [4.69, 9.17) is 5.11 Å². The Labute approximate surface area is 119 Å². The van der Waals surface area contributed by atoms with Crippen LogP contribution in [0.5, 0.6) is 5.75 Å². The second-order valence-corrected chi connectivity index (χ2v) is 4.40. The number of phenolic OH excluding ortho intramolecular Hbond substituents is 1. The van der Waals surface area contributed by atoms with E-state index in [-0.39, 0.29) is 18.4 Å². The molecule has 0 aliphatic carbocycles. The lowest BCUT2D eigenvalue weighted by Crippen LogP contribution is -2.45. The lowest BCUT2D eigenvalue weighted by Gasteiger charge is -2.23. The van der Waals surface area contributed by atoms with Crippen molar-refractivity contribution in [2.45, 2.75) is 18.9 Å². The summed E-state index contributed by atoms with van der Waals surface area (Å²) in [6.45, 7) is 1.37. The van der Waals surface area contributed by atoms with Crippen molar-refractivity contribution in [3.63, 3.8) is 0 Å². The number of hydrogen-bond donors (Lipinski definition) is 3. The fraction of sp³-hybridized carbons (Fsp3) is 0.417. The number of carbonyl (C=O) groups excluding carboxylic acids is 1. The Hall–Kier alpha value is -1.47. The van der Waals surface area contributed by atoms with E-state index in [1.54, 1.807) is 0 Å². The number of rotatable bonds is 2. The molecule has 1 fully saturated rings. The normalized spacial score (nSPS) is 18.2. The quantitative estimate of drug-likeness (QED) is 0.729. The molecule has 1 aromatic carbocycles. The van der Waals surface area contributed by atoms with Crippen molar-refractivity contribution in [2.75, 3.05) is 13.1 Å². The summed E-state index contributed by atoms with van der Waals surface area (Å²) >= 11 is 0. The second-order valence-electron chi connectivity index (χ2n) is 4.40. The van der Waals surface area contributed by atoms with E-state index in [1.807, 2.05) is 0 Å². The molecule has 0 saturated carbocycles. The van der Waals surface area contributed by atoms with E-state index >= 15 is 0 Å². The van der Waals surface area contributed by atoms with Gasteiger partial charge in [-0.25, -0.2) is 8.78 Å². The van der Waals surface area contributed by atoms with Gasteiger partial charge < -0.3 is 15.7 Å². The number of hydrogen-bond acceptors (Lipinski definition) is 3. The van der Waals surface area contributed by atoms with Crippen molar-refractivity contribution < 1.29 is 23.1 Å². The van der Waals surface area contributed by atoms with Crippen molar-refractivity contribution in [1.82, 2.24) is 10.6 Å². The molecular weight excluding hydrogens is 297 g/mol. The zero-order valence-corrected chi connectivity index (χ0v) is 11.2. The molecule has 2 rings (SSSR count). The van der Waals surface area contributed by atoms with Gasteiger partial charge in [0.25, 0.3) is 5.91 Å². The fourth-order valence-electron chi connectivity index (χ4n) is 1.99. The van der Waals surface area contributed by atoms with Crippen molar-refractivity contribution in [2.24, 2.45) is 0 Å². The standard InChI is InChI=1S/C12H13F3N2O2.ClH/c13-8-4-7(9(14)11(18)10(8)15)12(19)17-6-2-1-3-16-5-6;/h4,6,16,18H,1-3,5H2,(H,17,19);1H/t6-;/m0./s1. The monoisotopic (exact) mass is 310 g/mol. The van der Waals surface area contributed by atoms with Gasteiger partial charge in [-0.15, -0.1) is 12.4 Å². The summed E-state index contributed by atoms with van der Waals surface area (Å²) in [6.07, 6.45) is 1.58. The largest absolute Gasteiger partial charge is 0.503 e. The Kier molecular flexibility index (Phi) is 5.64. The first-order chi connectivity index (χ1) is 9.00. The maximum Gasteiger partial charge on any atom is 0.254 e. The average Bonchev–Trinajstić information content (AvgIpc) is 2.41. The average molecular weight is 311 g/mol. The molecule has 1 saturated heterocycles. The highest BCUT2D eigenvalue weighted by Crippen LogP contribution is 2.25. The molecule has 20 heavy (non-hydrogen) atoms. The molecule has 1 aromatic rings. The van der Waals surface area contributed by atoms with Crippen LogP contribution in [0, 0.1) is 17.5 Å². The molecule has 1 amide bonds. The maximum absolute atomic E-state index is 13.5. The van der Waals surface area contributed by atoms with Crippen LogP contribution < -0.4 is 10.6 Å². The van der Waals surface area contributed by atoms with Crippen LogP contribution in [0.1, 0.15) is 23.2 Å². The van der Waals surface area contributed by atoms with Crippen molar-refractivity contribution >= 4 is 18.3 Å². The Morgan fingerprint density at radius 3 is 2.65 bits per heavy atom. The molecular formula is C12H14ClF3N2O2. The summed E-state index contributed by atoms with van der Waals surface area (Å²) in [5.41, 5.74) is -0.707. The Morgan fingerprint density at radius 1 is 1.35 bits per heavy atom. The number of halogens is 4. The number of carbonyl (C=O) groups is 1. The Morgan fingerprint density at radius 2 is 2.05 bits per heavy atom. The Bertz CT molecular complexity index is 508. The number of phenols is 1. The first kappa shape index (κ1) is 16.6. The third kappa shape index (κ3) is 3.34. The van der Waals surface area contributed by atoms with Gasteiger partial charge in [0.05, 0.1) is 5.56 Å². The van der Waals surface area contributed by atoms with Crippen molar-refractivity contribution in [1.29, 1.82) is 0 Å². The van der Waals surface area contributed by atoms with Gasteiger partial charge in [0, 0.05) is 12.6 Å². The zero-order valence-electron chi connectivity index (χ0n) is 10.4. The Balaban J connectivity index is 0.00000200.